The van der Waals surface area contributed by atoms with Crippen molar-refractivity contribution >= 4 is 21.5 Å². The number of nitrogens with two attached hydrogens (primary N) is 1. The van der Waals surface area contributed by atoms with Gasteiger partial charge in [0.05, 0.1) is 16.8 Å². The maximum absolute atomic E-state index is 13.1. The average molecular weight is 412 g/mol. The van der Waals surface area contributed by atoms with Crippen LogP contribution in [0.1, 0.15) is 28.9 Å². The largest absolute Gasteiger partial charge is 0.381 e. The zero-order chi connectivity index (χ0) is 22.9. The number of nitrogen functional groups attached to an aromatic ring is 1. The molecule has 0 saturated heterocycles. The first kappa shape index (κ1) is 14.9. The summed E-state index contributed by atoms with van der Waals surface area (Å²) in [5.41, 5.74) is 5.92. The summed E-state index contributed by atoms with van der Waals surface area (Å²) in [5.74, 6) is 0.115. The first-order valence-corrected chi connectivity index (χ1v) is 10.4. The number of anilines is 1. The molecule has 10 heteroatoms. The van der Waals surface area contributed by atoms with Crippen LogP contribution in [0.5, 0.6) is 0 Å². The molecule has 2 bridgehead atoms. The highest BCUT2D eigenvalue weighted by molar-refractivity contribution is 7.89. The van der Waals surface area contributed by atoms with Crippen LogP contribution < -0.4 is 10.5 Å². The van der Waals surface area contributed by atoms with E-state index in [1.165, 1.54) is 35.2 Å². The molecule has 0 amide bonds. The number of hydrogen-bond donors (Lipinski definition) is 2. The van der Waals surface area contributed by atoms with Gasteiger partial charge in [-0.2, -0.15) is 5.10 Å². The Morgan fingerprint density at radius 2 is 2.17 bits per heavy atom. The van der Waals surface area contributed by atoms with Crippen molar-refractivity contribution < 1.29 is 12.5 Å². The summed E-state index contributed by atoms with van der Waals surface area (Å²) in [6.45, 7) is 4.97. The fourth-order valence-corrected chi connectivity index (χ4v) is 6.13. The van der Waals surface area contributed by atoms with Gasteiger partial charge in [-0.25, -0.2) is 34.2 Å². The van der Waals surface area contributed by atoms with E-state index in [-0.39, 0.29) is 32.9 Å². The fraction of sp³-hybridized carbons (Fsp3) is 0.368. The molecule has 2 aromatic heterocycles. The summed E-state index contributed by atoms with van der Waals surface area (Å²) in [5, 5.41) is 4.10. The number of aromatic nitrogens is 4. The quantitative estimate of drug-likeness (QED) is 0.617. The number of nitrogens with zero attached hydrogens (tertiary/aromatic N) is 5. The molecular formula is C19H19N7O2S. The average Bonchev–Trinajstić information content (AvgIpc) is 3.09. The van der Waals surface area contributed by atoms with E-state index in [2.05, 4.69) is 24.6 Å². The van der Waals surface area contributed by atoms with Gasteiger partial charge >= 0.3 is 0 Å². The third kappa shape index (κ3) is 2.62. The van der Waals surface area contributed by atoms with Gasteiger partial charge in [-0.3, -0.25) is 0 Å². The van der Waals surface area contributed by atoms with Gasteiger partial charge in [-0.15, -0.1) is 0 Å². The molecule has 6 rings (SSSR count). The van der Waals surface area contributed by atoms with Gasteiger partial charge in [0, 0.05) is 20.6 Å². The van der Waals surface area contributed by atoms with E-state index >= 15 is 0 Å². The Bertz CT molecular complexity index is 1390. The second-order valence-corrected chi connectivity index (χ2v) is 9.65. The predicted molar refractivity (Wildman–Crippen MR) is 106 cm³/mol. The fourth-order valence-electron chi connectivity index (χ4n) is 4.71. The lowest BCUT2D eigenvalue weighted by atomic mass is 9.40. The second-order valence-electron chi connectivity index (χ2n) is 7.96. The molecule has 0 spiro atoms. The summed E-state index contributed by atoms with van der Waals surface area (Å²) in [6, 6.07) is 3.91. The van der Waals surface area contributed by atoms with E-state index < -0.39 is 22.4 Å². The van der Waals surface area contributed by atoms with Gasteiger partial charge in [0.25, 0.3) is 0 Å². The van der Waals surface area contributed by atoms with Gasteiger partial charge in [0.15, 0.2) is 11.5 Å². The molecule has 3 aliphatic rings. The molecule has 148 valence electrons. The number of imidazole rings is 1. The first-order valence-electron chi connectivity index (χ1n) is 10.4. The predicted octanol–water partition coefficient (Wildman–Crippen LogP) is 1.80. The molecule has 1 aromatic carbocycles. The topological polar surface area (TPSA) is 120 Å². The highest BCUT2D eigenvalue weighted by Crippen LogP contribution is 2.67. The highest BCUT2D eigenvalue weighted by atomic mass is 32.2. The Morgan fingerprint density at radius 3 is 2.90 bits per heavy atom. The van der Waals surface area contributed by atoms with E-state index in [1.807, 2.05) is 0 Å². The van der Waals surface area contributed by atoms with Crippen molar-refractivity contribution in [1.82, 2.24) is 24.3 Å². The lowest BCUT2D eigenvalue weighted by molar-refractivity contribution is -0.128. The zero-order valence-corrected chi connectivity index (χ0v) is 16.1. The molecule has 0 radical (unpaired) electrons. The molecule has 3 saturated carbocycles. The molecule has 3 N–H and O–H groups in total. The Labute approximate surface area is 172 Å². The van der Waals surface area contributed by atoms with Gasteiger partial charge < -0.3 is 10.6 Å². The highest BCUT2D eigenvalue weighted by Gasteiger charge is 2.71. The van der Waals surface area contributed by atoms with Crippen LogP contribution in [-0.2, 0) is 10.0 Å². The smallest absolute Gasteiger partial charge is 0.241 e. The number of nitrogens with one attached hydrogen (secondary N) is 1. The maximum atomic E-state index is 13.1. The van der Waals surface area contributed by atoms with Crippen molar-refractivity contribution in [2.45, 2.75) is 36.5 Å². The Kier molecular flexibility index (Phi) is 2.95. The van der Waals surface area contributed by atoms with Crippen molar-refractivity contribution in [3.63, 3.8) is 0 Å². The van der Waals surface area contributed by atoms with Crippen molar-refractivity contribution in [1.29, 1.82) is 0 Å². The van der Waals surface area contributed by atoms with E-state index in [0.717, 1.165) is 0 Å². The van der Waals surface area contributed by atoms with Crippen molar-refractivity contribution in [2.75, 3.05) is 12.3 Å². The summed E-state index contributed by atoms with van der Waals surface area (Å²) < 4.78 is 54.1. The van der Waals surface area contributed by atoms with Crippen LogP contribution >= 0.6 is 0 Å². The van der Waals surface area contributed by atoms with E-state index in [0.29, 0.717) is 31.5 Å². The second kappa shape index (κ2) is 5.75. The number of aryl methyl sites for hydroxylation is 1. The van der Waals surface area contributed by atoms with Gasteiger partial charge in [0.2, 0.25) is 16.6 Å². The minimum absolute atomic E-state index is 0.0306. The molecule has 9 nitrogen and oxygen atoms in total. The van der Waals surface area contributed by atoms with E-state index in [1.54, 1.807) is 0 Å². The van der Waals surface area contributed by atoms with Crippen LogP contribution in [0.25, 0.3) is 21.7 Å². The molecule has 3 aromatic rings. The molecule has 2 heterocycles. The monoisotopic (exact) mass is 412 g/mol. The first-order chi connectivity index (χ1) is 15.0. The van der Waals surface area contributed by atoms with E-state index in [9.17, 15) is 8.42 Å². The summed E-state index contributed by atoms with van der Waals surface area (Å²) in [4.78, 5) is 11.4. The summed E-state index contributed by atoms with van der Waals surface area (Å²) in [6.07, 6.45) is 4.54. The van der Waals surface area contributed by atoms with Crippen molar-refractivity contribution in [2.24, 2.45) is 5.41 Å². The molecule has 0 aliphatic heterocycles. The van der Waals surface area contributed by atoms with Crippen LogP contribution in [0.2, 0.25) is 0 Å². The molecule has 0 unspecified atom stereocenters. The summed E-state index contributed by atoms with van der Waals surface area (Å²) in [7, 11) is -3.92. The van der Waals surface area contributed by atoms with E-state index in [4.69, 9.17) is 16.4 Å². The number of hydrogen-bond acceptors (Lipinski definition) is 6. The summed E-state index contributed by atoms with van der Waals surface area (Å²) >= 11 is 0. The number of rotatable bonds is 5. The minimum Gasteiger partial charge on any atom is -0.381 e. The van der Waals surface area contributed by atoms with Crippen LogP contribution in [-0.4, -0.2) is 40.1 Å². The Hall–Kier alpha value is -3.03. The lowest BCUT2D eigenvalue weighted by Gasteiger charge is -2.67. The van der Waals surface area contributed by atoms with Crippen LogP contribution in [0.15, 0.2) is 35.6 Å². The number of benzene rings is 1. The normalized spacial score (nSPS) is 27.2. The van der Waals surface area contributed by atoms with Crippen molar-refractivity contribution in [3.8, 4) is 11.3 Å². The molecule has 3 aliphatic carbocycles. The van der Waals surface area contributed by atoms with Crippen LogP contribution in [0.4, 0.5) is 5.82 Å². The maximum Gasteiger partial charge on any atom is 0.241 e. The standard InChI is InChI=1S/C19H19N7O2S/c1-12-3-4-13(29(27,28)25-19-7-18(8-19,9-19)10-21-2)5-14(12)15-6-22-17-16(20)23-11-24-26(15)17/h3-6,11,25H,7-10H2,1H3,(H2,20,23,24)/i1D3. The van der Waals surface area contributed by atoms with Gasteiger partial charge in [0.1, 0.15) is 6.33 Å². The minimum atomic E-state index is -3.92. The number of fused-ring (bicyclic) bond motifs is 1. The van der Waals surface area contributed by atoms with Crippen molar-refractivity contribution in [3.05, 3.63) is 47.7 Å². The SMILES string of the molecule is [2H]C([2H])([2H])c1ccc(S(=O)(=O)NC23CC(C[N+]#[C-])(C2)C3)cc1-c1cnc2c(N)ncnn12. The molecular weight excluding hydrogens is 390 g/mol. The lowest BCUT2D eigenvalue weighted by Crippen LogP contribution is -2.75. The van der Waals surface area contributed by atoms with Gasteiger partial charge in [-0.05, 0) is 43.8 Å². The van der Waals surface area contributed by atoms with Gasteiger partial charge in [-0.1, -0.05) is 6.07 Å². The molecule has 0 atom stereocenters. The third-order valence-electron chi connectivity index (χ3n) is 5.81. The van der Waals surface area contributed by atoms with Crippen LogP contribution in [0.3, 0.4) is 0 Å². The van der Waals surface area contributed by atoms with Crippen LogP contribution in [0, 0.1) is 18.8 Å². The molecule has 29 heavy (non-hydrogen) atoms. The molecule has 3 fully saturated rings. The Morgan fingerprint density at radius 1 is 1.38 bits per heavy atom. The zero-order valence-electron chi connectivity index (χ0n) is 18.3. The Balaban J connectivity index is 1.56. The number of sulfonamides is 1. The third-order valence-corrected chi connectivity index (χ3v) is 7.39.